The molecule has 0 aliphatic heterocycles. The van der Waals surface area contributed by atoms with Crippen LogP contribution in [0.15, 0.2) is 25.3 Å². The highest BCUT2D eigenvalue weighted by Gasteiger charge is 2.11. The third-order valence-corrected chi connectivity index (χ3v) is 2.01. The van der Waals surface area contributed by atoms with E-state index in [1.165, 1.54) is 18.2 Å². The molecule has 0 aromatic heterocycles. The molecule has 0 fully saturated rings. The fourth-order valence-corrected chi connectivity index (χ4v) is 1.31. The average Bonchev–Trinajstić information content (AvgIpc) is 2.08. The van der Waals surface area contributed by atoms with E-state index in [-0.39, 0.29) is 16.3 Å². The number of aliphatic hydroxyl groups excluding tert-OH is 1. The summed E-state index contributed by atoms with van der Waals surface area (Å²) in [5.74, 6) is -0.850. The van der Waals surface area contributed by atoms with Gasteiger partial charge in [0.05, 0.1) is 5.02 Å². The Labute approximate surface area is 80.8 Å². The molecule has 1 N–H and O–H groups in total. The Hall–Kier alpha value is -1.28. The number of rotatable bonds is 2. The van der Waals surface area contributed by atoms with Crippen molar-refractivity contribution in [2.45, 2.75) is 0 Å². The lowest BCUT2D eigenvalue weighted by Gasteiger charge is -2.06. The van der Waals surface area contributed by atoms with E-state index >= 15 is 0 Å². The summed E-state index contributed by atoms with van der Waals surface area (Å²) in [5, 5.41) is 9.01. The number of benzene rings is 1. The second-order valence-electron chi connectivity index (χ2n) is 2.48. The van der Waals surface area contributed by atoms with Crippen molar-refractivity contribution in [2.75, 3.05) is 0 Å². The van der Waals surface area contributed by atoms with Gasteiger partial charge in [0, 0.05) is 5.56 Å². The van der Waals surface area contributed by atoms with Crippen LogP contribution in [0.25, 0.3) is 11.8 Å². The van der Waals surface area contributed by atoms with Crippen LogP contribution in [0.2, 0.25) is 5.02 Å². The normalized spacial score (nSPS) is 9.69. The highest BCUT2D eigenvalue weighted by Crippen LogP contribution is 2.28. The summed E-state index contributed by atoms with van der Waals surface area (Å²) in [6, 6.07) is 2.69. The monoisotopic (exact) mass is 198 g/mol. The van der Waals surface area contributed by atoms with Crippen molar-refractivity contribution in [1.82, 2.24) is 0 Å². The minimum atomic E-state index is -0.586. The number of hydrogen-bond acceptors (Lipinski definition) is 1. The van der Waals surface area contributed by atoms with Gasteiger partial charge in [0.1, 0.15) is 11.6 Å². The molecule has 1 aromatic rings. The first-order valence-corrected chi connectivity index (χ1v) is 3.94. The van der Waals surface area contributed by atoms with E-state index in [4.69, 9.17) is 16.7 Å². The molecule has 0 atom stereocenters. The maximum atomic E-state index is 12.9. The summed E-state index contributed by atoms with van der Waals surface area (Å²) < 4.78 is 12.9. The molecule has 1 rings (SSSR count). The molecule has 0 radical (unpaired) electrons. The van der Waals surface area contributed by atoms with E-state index in [2.05, 4.69) is 13.2 Å². The lowest BCUT2D eigenvalue weighted by Crippen LogP contribution is -1.91. The zero-order valence-electron chi connectivity index (χ0n) is 6.85. The first kappa shape index (κ1) is 9.81. The molecular formula is C10H8ClFO. The maximum absolute atomic E-state index is 12.9. The summed E-state index contributed by atoms with van der Waals surface area (Å²) in [6.07, 6.45) is 1.47. The van der Waals surface area contributed by atoms with E-state index in [0.29, 0.717) is 5.56 Å². The first-order chi connectivity index (χ1) is 6.07. The van der Waals surface area contributed by atoms with E-state index in [1.54, 1.807) is 0 Å². The summed E-state index contributed by atoms with van der Waals surface area (Å²) in [5.41, 5.74) is 0.746. The fraction of sp³-hybridized carbons (Fsp3) is 0. The van der Waals surface area contributed by atoms with Crippen LogP contribution in [0, 0.1) is 5.82 Å². The largest absolute Gasteiger partial charge is 0.508 e. The van der Waals surface area contributed by atoms with Crippen molar-refractivity contribution in [3.63, 3.8) is 0 Å². The van der Waals surface area contributed by atoms with Gasteiger partial charge in [0.2, 0.25) is 0 Å². The maximum Gasteiger partial charge on any atom is 0.142 e. The molecule has 0 bridgehead atoms. The van der Waals surface area contributed by atoms with E-state index < -0.39 is 5.82 Å². The van der Waals surface area contributed by atoms with Crippen LogP contribution >= 0.6 is 11.6 Å². The Morgan fingerprint density at radius 2 is 2.15 bits per heavy atom. The first-order valence-electron chi connectivity index (χ1n) is 3.56. The summed E-state index contributed by atoms with van der Waals surface area (Å²) >= 11 is 5.63. The molecule has 0 heterocycles. The van der Waals surface area contributed by atoms with Crippen molar-refractivity contribution >= 4 is 23.4 Å². The van der Waals surface area contributed by atoms with Gasteiger partial charge < -0.3 is 5.11 Å². The van der Waals surface area contributed by atoms with Crippen molar-refractivity contribution < 1.29 is 9.50 Å². The summed E-state index contributed by atoms with van der Waals surface area (Å²) in [7, 11) is 0. The zero-order chi connectivity index (χ0) is 10.0. The Bertz CT molecular complexity index is 371. The third-order valence-electron chi connectivity index (χ3n) is 1.64. The second kappa shape index (κ2) is 3.62. The summed E-state index contributed by atoms with van der Waals surface area (Å²) in [6.45, 7) is 6.80. The van der Waals surface area contributed by atoms with Gasteiger partial charge in [0.25, 0.3) is 0 Å². The van der Waals surface area contributed by atoms with Crippen LogP contribution in [0.4, 0.5) is 4.39 Å². The van der Waals surface area contributed by atoms with Gasteiger partial charge in [-0.15, -0.1) is 0 Å². The number of halogens is 2. The average molecular weight is 199 g/mol. The van der Waals surface area contributed by atoms with Gasteiger partial charge in [-0.2, -0.15) is 0 Å². The van der Waals surface area contributed by atoms with Crippen molar-refractivity contribution in [3.8, 4) is 0 Å². The van der Waals surface area contributed by atoms with Crippen LogP contribution in [0.3, 0.4) is 0 Å². The number of aliphatic hydroxyl groups is 1. The van der Waals surface area contributed by atoms with Crippen LogP contribution in [-0.2, 0) is 0 Å². The van der Waals surface area contributed by atoms with Crippen molar-refractivity contribution in [1.29, 1.82) is 0 Å². The van der Waals surface area contributed by atoms with Gasteiger partial charge in [0.15, 0.2) is 0 Å². The van der Waals surface area contributed by atoms with E-state index in [0.717, 1.165) is 0 Å². The Kier molecular flexibility index (Phi) is 2.73. The second-order valence-corrected chi connectivity index (χ2v) is 2.85. The minimum Gasteiger partial charge on any atom is -0.508 e. The molecule has 0 saturated heterocycles. The van der Waals surface area contributed by atoms with Gasteiger partial charge in [-0.05, 0) is 11.6 Å². The van der Waals surface area contributed by atoms with Crippen LogP contribution < -0.4 is 0 Å². The highest BCUT2D eigenvalue weighted by molar-refractivity contribution is 6.32. The molecule has 0 amide bonds. The molecule has 0 spiro atoms. The van der Waals surface area contributed by atoms with E-state index in [1.807, 2.05) is 0 Å². The molecule has 0 saturated carbocycles. The third kappa shape index (κ3) is 1.73. The van der Waals surface area contributed by atoms with E-state index in [9.17, 15) is 4.39 Å². The quantitative estimate of drug-likeness (QED) is 0.720. The Morgan fingerprint density at radius 3 is 2.62 bits per heavy atom. The van der Waals surface area contributed by atoms with Gasteiger partial charge in [-0.25, -0.2) is 4.39 Å². The molecule has 3 heteroatoms. The van der Waals surface area contributed by atoms with Gasteiger partial charge >= 0.3 is 0 Å². The molecule has 0 aliphatic rings. The smallest absolute Gasteiger partial charge is 0.142 e. The fourth-order valence-electron chi connectivity index (χ4n) is 1.03. The lowest BCUT2D eigenvalue weighted by molar-refractivity contribution is 0.512. The van der Waals surface area contributed by atoms with Crippen molar-refractivity contribution in [2.24, 2.45) is 0 Å². The molecule has 1 aromatic carbocycles. The Balaban J connectivity index is 3.50. The lowest BCUT2D eigenvalue weighted by atomic mass is 10.1. The van der Waals surface area contributed by atoms with Crippen LogP contribution in [-0.4, -0.2) is 5.11 Å². The van der Waals surface area contributed by atoms with Crippen molar-refractivity contribution in [3.05, 3.63) is 47.3 Å². The molecule has 0 unspecified atom stereocenters. The Morgan fingerprint density at radius 1 is 1.54 bits per heavy atom. The van der Waals surface area contributed by atoms with Gasteiger partial charge in [-0.3, -0.25) is 0 Å². The van der Waals surface area contributed by atoms with Crippen LogP contribution in [0.5, 0.6) is 0 Å². The molecule has 0 aliphatic carbocycles. The minimum absolute atomic E-state index is 0.134. The topological polar surface area (TPSA) is 20.2 Å². The summed E-state index contributed by atoms with van der Waals surface area (Å²) in [4.78, 5) is 0. The molecule has 68 valence electrons. The predicted octanol–water partition coefficient (Wildman–Crippen LogP) is 3.65. The highest BCUT2D eigenvalue weighted by atomic mass is 35.5. The van der Waals surface area contributed by atoms with Crippen LogP contribution in [0.1, 0.15) is 11.1 Å². The molecule has 1 nitrogen and oxygen atoms in total. The number of hydrogen-bond donors (Lipinski definition) is 1. The van der Waals surface area contributed by atoms with Gasteiger partial charge in [-0.1, -0.05) is 36.9 Å². The molecule has 13 heavy (non-hydrogen) atoms. The molecular weight excluding hydrogens is 191 g/mol. The predicted molar refractivity (Wildman–Crippen MR) is 53.2 cm³/mol. The standard InChI is InChI=1S/C10H8ClFO/c1-3-7-4-5-8(12)10(11)9(7)6(2)13/h3-5,13H,1-2H2. The SMILES string of the molecule is C=Cc1ccc(F)c(Cl)c1C(=C)O. The zero-order valence-corrected chi connectivity index (χ0v) is 7.61.